The lowest BCUT2D eigenvalue weighted by atomic mass is 9.47. The predicted molar refractivity (Wildman–Crippen MR) is 113 cm³/mol. The zero-order valence-electron chi connectivity index (χ0n) is 18.5. The molecule has 2 N–H and O–H groups in total. The normalized spacial score (nSPS) is 46.3. The van der Waals surface area contributed by atoms with Crippen LogP contribution in [0.4, 0.5) is 0 Å². The lowest BCUT2D eigenvalue weighted by Crippen LogP contribution is -2.53. The SMILES string of the molecule is COC(=O)CCCCC1CCC2C3CC=C4C(O)C(O)CCC4(C)C3CCC12C. The topological polar surface area (TPSA) is 66.8 Å². The first-order valence-corrected chi connectivity index (χ1v) is 11.9. The molecule has 4 heteroatoms. The third-order valence-electron chi connectivity index (χ3n) is 9.77. The van der Waals surface area contributed by atoms with Gasteiger partial charge in [0.1, 0.15) is 6.10 Å². The van der Waals surface area contributed by atoms with Crippen molar-refractivity contribution in [3.8, 4) is 0 Å². The number of hydrogen-bond acceptors (Lipinski definition) is 4. The first-order valence-electron chi connectivity index (χ1n) is 11.9. The first-order chi connectivity index (χ1) is 13.8. The van der Waals surface area contributed by atoms with Crippen LogP contribution in [-0.2, 0) is 9.53 Å². The minimum Gasteiger partial charge on any atom is -0.469 e. The Bertz CT molecular complexity index is 657. The molecule has 3 fully saturated rings. The molecule has 8 unspecified atom stereocenters. The van der Waals surface area contributed by atoms with Crippen molar-refractivity contribution in [1.29, 1.82) is 0 Å². The van der Waals surface area contributed by atoms with Gasteiger partial charge in [-0.15, -0.1) is 0 Å². The summed E-state index contributed by atoms with van der Waals surface area (Å²) in [6.45, 7) is 4.92. The van der Waals surface area contributed by atoms with Crippen LogP contribution >= 0.6 is 0 Å². The van der Waals surface area contributed by atoms with E-state index >= 15 is 0 Å². The highest BCUT2D eigenvalue weighted by atomic mass is 16.5. The van der Waals surface area contributed by atoms with Crippen molar-refractivity contribution in [3.05, 3.63) is 11.6 Å². The van der Waals surface area contributed by atoms with Crippen molar-refractivity contribution in [3.63, 3.8) is 0 Å². The maximum Gasteiger partial charge on any atom is 0.305 e. The lowest BCUT2D eigenvalue weighted by Gasteiger charge is -2.58. The van der Waals surface area contributed by atoms with Crippen molar-refractivity contribution in [2.45, 2.75) is 96.7 Å². The number of allylic oxidation sites excluding steroid dienone is 1. The minimum atomic E-state index is -0.658. The van der Waals surface area contributed by atoms with Crippen LogP contribution in [-0.4, -0.2) is 35.5 Å². The van der Waals surface area contributed by atoms with Gasteiger partial charge in [0, 0.05) is 6.42 Å². The fourth-order valence-corrected chi connectivity index (χ4v) is 8.06. The number of aliphatic hydroxyl groups is 2. The highest BCUT2D eigenvalue weighted by molar-refractivity contribution is 5.68. The van der Waals surface area contributed by atoms with Crippen molar-refractivity contribution < 1.29 is 19.7 Å². The standard InChI is InChI=1S/C25H40O4/c1-24-14-12-19-17(9-11-20-23(28)21(26)13-15-25(19,20)2)18(24)10-8-16(24)6-4-5-7-22(27)29-3/h11,16-19,21,23,26,28H,4-10,12-15H2,1-3H3. The maximum atomic E-state index is 11.4. The van der Waals surface area contributed by atoms with Gasteiger partial charge < -0.3 is 14.9 Å². The third kappa shape index (κ3) is 3.48. The Morgan fingerprint density at radius 1 is 1.10 bits per heavy atom. The van der Waals surface area contributed by atoms with Gasteiger partial charge >= 0.3 is 5.97 Å². The van der Waals surface area contributed by atoms with Crippen LogP contribution in [0.5, 0.6) is 0 Å². The van der Waals surface area contributed by atoms with Crippen LogP contribution in [0.25, 0.3) is 0 Å². The average Bonchev–Trinajstić information content (AvgIpc) is 3.04. The van der Waals surface area contributed by atoms with Gasteiger partial charge in [0.2, 0.25) is 0 Å². The van der Waals surface area contributed by atoms with E-state index in [-0.39, 0.29) is 11.4 Å². The summed E-state index contributed by atoms with van der Waals surface area (Å²) in [4.78, 5) is 11.4. The molecule has 29 heavy (non-hydrogen) atoms. The second-order valence-corrected chi connectivity index (χ2v) is 10.9. The quantitative estimate of drug-likeness (QED) is 0.398. The van der Waals surface area contributed by atoms with Crippen LogP contribution in [0.1, 0.15) is 84.5 Å². The molecule has 0 aromatic carbocycles. The Hall–Kier alpha value is -0.870. The summed E-state index contributed by atoms with van der Waals surface area (Å²) >= 11 is 0. The molecule has 0 amide bonds. The molecule has 0 spiro atoms. The monoisotopic (exact) mass is 404 g/mol. The second kappa shape index (κ2) is 8.00. The zero-order chi connectivity index (χ0) is 20.8. The summed E-state index contributed by atoms with van der Waals surface area (Å²) < 4.78 is 4.78. The number of ether oxygens (including phenoxy) is 1. The van der Waals surface area contributed by atoms with Gasteiger partial charge in [0.05, 0.1) is 13.2 Å². The maximum absolute atomic E-state index is 11.4. The Balaban J connectivity index is 1.45. The van der Waals surface area contributed by atoms with E-state index in [2.05, 4.69) is 19.9 Å². The Kier molecular flexibility index (Phi) is 5.89. The minimum absolute atomic E-state index is 0.0709. The van der Waals surface area contributed by atoms with Crippen molar-refractivity contribution in [2.24, 2.45) is 34.5 Å². The lowest BCUT2D eigenvalue weighted by molar-refractivity contribution is -0.140. The number of aliphatic hydroxyl groups excluding tert-OH is 2. The molecule has 0 heterocycles. The van der Waals surface area contributed by atoms with Crippen molar-refractivity contribution in [2.75, 3.05) is 7.11 Å². The van der Waals surface area contributed by atoms with E-state index in [1.165, 1.54) is 39.2 Å². The fraction of sp³-hybridized carbons (Fsp3) is 0.880. The summed E-state index contributed by atoms with van der Waals surface area (Å²) in [5.41, 5.74) is 1.64. The largest absolute Gasteiger partial charge is 0.469 e. The molecule has 164 valence electrons. The predicted octanol–water partition coefficient (Wildman–Crippen LogP) is 4.63. The molecule has 4 aliphatic rings. The molecule has 0 radical (unpaired) electrons. The molecular weight excluding hydrogens is 364 g/mol. The molecular formula is C25H40O4. The Labute approximate surface area is 176 Å². The van der Waals surface area contributed by atoms with Gasteiger partial charge in [0.15, 0.2) is 0 Å². The second-order valence-electron chi connectivity index (χ2n) is 10.9. The van der Waals surface area contributed by atoms with Gasteiger partial charge in [0.25, 0.3) is 0 Å². The molecule has 0 aromatic heterocycles. The molecule has 8 atom stereocenters. The molecule has 0 bridgehead atoms. The number of hydrogen-bond donors (Lipinski definition) is 2. The summed E-state index contributed by atoms with van der Waals surface area (Å²) in [7, 11) is 1.47. The number of unbranched alkanes of at least 4 members (excludes halogenated alkanes) is 1. The van der Waals surface area contributed by atoms with Crippen LogP contribution in [0.3, 0.4) is 0 Å². The summed E-state index contributed by atoms with van der Waals surface area (Å²) in [6.07, 6.45) is 13.0. The van der Waals surface area contributed by atoms with E-state index in [9.17, 15) is 15.0 Å². The number of rotatable bonds is 5. The van der Waals surface area contributed by atoms with E-state index in [0.717, 1.165) is 55.4 Å². The van der Waals surface area contributed by atoms with Gasteiger partial charge in [-0.25, -0.2) is 0 Å². The highest BCUT2D eigenvalue weighted by Crippen LogP contribution is 2.66. The van der Waals surface area contributed by atoms with Gasteiger partial charge in [-0.05, 0) is 97.9 Å². The average molecular weight is 405 g/mol. The molecule has 4 rings (SSSR count). The van der Waals surface area contributed by atoms with Crippen LogP contribution in [0.15, 0.2) is 11.6 Å². The van der Waals surface area contributed by atoms with Gasteiger partial charge in [-0.3, -0.25) is 4.79 Å². The summed E-state index contributed by atoms with van der Waals surface area (Å²) in [5, 5.41) is 20.8. The van der Waals surface area contributed by atoms with Gasteiger partial charge in [-0.2, -0.15) is 0 Å². The Morgan fingerprint density at radius 2 is 1.90 bits per heavy atom. The van der Waals surface area contributed by atoms with E-state index in [4.69, 9.17) is 4.74 Å². The van der Waals surface area contributed by atoms with E-state index in [1.54, 1.807) is 0 Å². The molecule has 0 saturated heterocycles. The zero-order valence-corrected chi connectivity index (χ0v) is 18.5. The van der Waals surface area contributed by atoms with Crippen molar-refractivity contribution in [1.82, 2.24) is 0 Å². The molecule has 4 nitrogen and oxygen atoms in total. The molecule has 0 aromatic rings. The van der Waals surface area contributed by atoms with Crippen LogP contribution in [0, 0.1) is 34.5 Å². The third-order valence-corrected chi connectivity index (χ3v) is 9.77. The fourth-order valence-electron chi connectivity index (χ4n) is 8.06. The number of fused-ring (bicyclic) bond motifs is 5. The number of carbonyl (C=O) groups excluding carboxylic acids is 1. The van der Waals surface area contributed by atoms with E-state index in [1.807, 2.05) is 0 Å². The smallest absolute Gasteiger partial charge is 0.305 e. The Morgan fingerprint density at radius 3 is 2.66 bits per heavy atom. The van der Waals surface area contributed by atoms with E-state index < -0.39 is 12.2 Å². The number of carbonyl (C=O) groups is 1. The summed E-state index contributed by atoms with van der Waals surface area (Å²) in [5.74, 6) is 2.86. The highest BCUT2D eigenvalue weighted by Gasteiger charge is 2.59. The summed E-state index contributed by atoms with van der Waals surface area (Å²) in [6, 6.07) is 0. The van der Waals surface area contributed by atoms with Crippen LogP contribution in [0.2, 0.25) is 0 Å². The van der Waals surface area contributed by atoms with Crippen LogP contribution < -0.4 is 0 Å². The molecule has 4 aliphatic carbocycles. The van der Waals surface area contributed by atoms with E-state index in [0.29, 0.717) is 17.8 Å². The van der Waals surface area contributed by atoms with Gasteiger partial charge in [-0.1, -0.05) is 26.3 Å². The van der Waals surface area contributed by atoms with Crippen molar-refractivity contribution >= 4 is 5.97 Å². The molecule has 0 aliphatic heterocycles. The molecule has 3 saturated carbocycles. The first kappa shape index (κ1) is 21.4. The number of methoxy groups -OCH3 is 1. The number of esters is 1.